The lowest BCUT2D eigenvalue weighted by Crippen LogP contribution is -2.59. The van der Waals surface area contributed by atoms with Crippen molar-refractivity contribution in [3.05, 3.63) is 11.4 Å². The van der Waals surface area contributed by atoms with Crippen LogP contribution in [0.3, 0.4) is 0 Å². The molecule has 0 aromatic carbocycles. The van der Waals surface area contributed by atoms with E-state index in [1.165, 1.54) is 38.5 Å². The van der Waals surface area contributed by atoms with E-state index in [2.05, 4.69) is 40.1 Å². The van der Waals surface area contributed by atoms with Crippen molar-refractivity contribution >= 4 is 5.78 Å². The quantitative estimate of drug-likeness (QED) is 0.647. The molecular formula is C25H38FNO. The molecule has 5 rings (SSSR count). The van der Waals surface area contributed by atoms with Crippen molar-refractivity contribution in [1.29, 1.82) is 0 Å². The van der Waals surface area contributed by atoms with E-state index in [9.17, 15) is 4.79 Å². The molecule has 0 amide bonds. The standard InChI is InChI=1S/C25H38FNO/c1-15(28)20-16(26)13-23(5)18-8-7-17-21(2,3)19(27-6)9-10-24(17)14-25(18,24)12-11-22(20,23)4/h17-19,27H,7-14H2,1-6H3/t17-,18-,19-,22+,23-,24+,25-/m0/s1. The third kappa shape index (κ3) is 1.83. The molecule has 0 bridgehead atoms. The maximum atomic E-state index is 15.1. The third-order valence-electron chi connectivity index (χ3n) is 11.4. The van der Waals surface area contributed by atoms with Gasteiger partial charge in [0.25, 0.3) is 0 Å². The van der Waals surface area contributed by atoms with Crippen LogP contribution in [-0.4, -0.2) is 18.9 Å². The molecule has 0 saturated heterocycles. The molecule has 0 aromatic heterocycles. The summed E-state index contributed by atoms with van der Waals surface area (Å²) in [5.41, 5.74) is 1.40. The van der Waals surface area contributed by atoms with Crippen molar-refractivity contribution in [2.75, 3.05) is 7.05 Å². The lowest BCUT2D eigenvalue weighted by atomic mass is 9.42. The van der Waals surface area contributed by atoms with E-state index in [-0.39, 0.29) is 22.4 Å². The van der Waals surface area contributed by atoms with Crippen LogP contribution < -0.4 is 5.32 Å². The van der Waals surface area contributed by atoms with Crippen LogP contribution in [0, 0.1) is 38.9 Å². The van der Waals surface area contributed by atoms with Gasteiger partial charge in [0.15, 0.2) is 5.78 Å². The fourth-order valence-electron chi connectivity index (χ4n) is 10.1. The number of allylic oxidation sites excluding steroid dienone is 2. The number of carbonyl (C=O) groups excluding carboxylic acids is 1. The minimum atomic E-state index is -0.271. The molecule has 1 N–H and O–H groups in total. The van der Waals surface area contributed by atoms with Gasteiger partial charge in [0.2, 0.25) is 0 Å². The highest BCUT2D eigenvalue weighted by Gasteiger charge is 2.82. The molecule has 2 nitrogen and oxygen atoms in total. The minimum Gasteiger partial charge on any atom is -0.316 e. The summed E-state index contributed by atoms with van der Waals surface area (Å²) in [5, 5.41) is 3.61. The number of Topliss-reactive ketones (excluding diaryl/α,β-unsaturated/α-hetero) is 1. The molecule has 4 saturated carbocycles. The lowest BCUT2D eigenvalue weighted by Gasteiger charge is -2.62. The van der Waals surface area contributed by atoms with Crippen LogP contribution in [0.4, 0.5) is 4.39 Å². The first kappa shape index (κ1) is 19.3. The van der Waals surface area contributed by atoms with Crippen LogP contribution in [0.25, 0.3) is 0 Å². The first-order valence-corrected chi connectivity index (χ1v) is 11.6. The highest BCUT2D eigenvalue weighted by atomic mass is 19.1. The smallest absolute Gasteiger partial charge is 0.158 e. The second-order valence-corrected chi connectivity index (χ2v) is 12.1. The fraction of sp³-hybridized carbons (Fsp3) is 0.880. The SMILES string of the molecule is CN[C@H]1CC[C@]23C[C@]24CC[C@]2(C)C(C(C)=O)=C(F)C[C@@]2(C)[C@@H]4CC[C@H]3C1(C)C. The van der Waals surface area contributed by atoms with Crippen molar-refractivity contribution in [1.82, 2.24) is 5.32 Å². The largest absolute Gasteiger partial charge is 0.316 e. The predicted molar refractivity (Wildman–Crippen MR) is 110 cm³/mol. The summed E-state index contributed by atoms with van der Waals surface area (Å²) >= 11 is 0. The predicted octanol–water partition coefficient (Wildman–Crippen LogP) is 5.82. The zero-order valence-corrected chi connectivity index (χ0v) is 18.7. The molecule has 0 aliphatic heterocycles. The highest BCUT2D eigenvalue weighted by molar-refractivity contribution is 5.96. The Balaban J connectivity index is 1.55. The summed E-state index contributed by atoms with van der Waals surface area (Å²) < 4.78 is 15.1. The van der Waals surface area contributed by atoms with Gasteiger partial charge in [-0.15, -0.1) is 0 Å². The van der Waals surface area contributed by atoms with Gasteiger partial charge in [0.1, 0.15) is 5.83 Å². The minimum absolute atomic E-state index is 0.0328. The topological polar surface area (TPSA) is 29.1 Å². The Hall–Kier alpha value is -0.700. The monoisotopic (exact) mass is 387 g/mol. The molecule has 28 heavy (non-hydrogen) atoms. The van der Waals surface area contributed by atoms with Gasteiger partial charge in [-0.1, -0.05) is 27.7 Å². The maximum Gasteiger partial charge on any atom is 0.158 e. The molecule has 0 heterocycles. The second-order valence-electron chi connectivity index (χ2n) is 12.1. The zero-order chi connectivity index (χ0) is 20.3. The van der Waals surface area contributed by atoms with Crippen LogP contribution in [-0.2, 0) is 4.79 Å². The Kier molecular flexibility index (Phi) is 3.66. The van der Waals surface area contributed by atoms with Crippen LogP contribution in [0.5, 0.6) is 0 Å². The number of fused-ring (bicyclic) bond motifs is 2. The number of nitrogens with one attached hydrogen (secondary N) is 1. The van der Waals surface area contributed by atoms with Crippen LogP contribution >= 0.6 is 0 Å². The zero-order valence-electron chi connectivity index (χ0n) is 18.7. The number of hydrogen-bond acceptors (Lipinski definition) is 2. The van der Waals surface area contributed by atoms with Crippen molar-refractivity contribution in [2.24, 2.45) is 38.9 Å². The number of halogens is 1. The van der Waals surface area contributed by atoms with E-state index in [0.29, 0.717) is 40.2 Å². The number of carbonyl (C=O) groups is 1. The van der Waals surface area contributed by atoms with E-state index in [4.69, 9.17) is 0 Å². The van der Waals surface area contributed by atoms with Crippen molar-refractivity contribution in [2.45, 2.75) is 92.0 Å². The van der Waals surface area contributed by atoms with Crippen molar-refractivity contribution < 1.29 is 9.18 Å². The second kappa shape index (κ2) is 5.31. The number of rotatable bonds is 2. The van der Waals surface area contributed by atoms with E-state index >= 15 is 4.39 Å². The third-order valence-corrected chi connectivity index (χ3v) is 11.4. The summed E-state index contributed by atoms with van der Waals surface area (Å²) in [6.07, 6.45) is 9.15. The summed E-state index contributed by atoms with van der Waals surface area (Å²) in [4.78, 5) is 12.4. The molecule has 156 valence electrons. The first-order chi connectivity index (χ1) is 13.0. The Morgan fingerprint density at radius 3 is 2.29 bits per heavy atom. The van der Waals surface area contributed by atoms with Crippen LogP contribution in [0.2, 0.25) is 0 Å². The summed E-state index contributed by atoms with van der Waals surface area (Å²) in [6, 6.07) is 0.608. The van der Waals surface area contributed by atoms with Crippen LogP contribution in [0.15, 0.2) is 11.4 Å². The molecule has 0 unspecified atom stereocenters. The van der Waals surface area contributed by atoms with Crippen LogP contribution in [0.1, 0.15) is 86.0 Å². The fourth-order valence-corrected chi connectivity index (χ4v) is 10.1. The first-order valence-electron chi connectivity index (χ1n) is 11.6. The molecule has 0 radical (unpaired) electrons. The molecule has 3 heteroatoms. The highest BCUT2D eigenvalue weighted by Crippen LogP contribution is 2.88. The summed E-state index contributed by atoms with van der Waals surface area (Å²) in [7, 11) is 2.13. The molecular weight excluding hydrogens is 349 g/mol. The van der Waals surface area contributed by atoms with Crippen molar-refractivity contribution in [3.8, 4) is 0 Å². The Morgan fingerprint density at radius 2 is 1.64 bits per heavy atom. The van der Waals surface area contributed by atoms with E-state index in [1.807, 2.05) is 0 Å². The van der Waals surface area contributed by atoms with Crippen molar-refractivity contribution in [3.63, 3.8) is 0 Å². The van der Waals surface area contributed by atoms with E-state index in [1.54, 1.807) is 6.92 Å². The van der Waals surface area contributed by atoms with Gasteiger partial charge in [-0.05, 0) is 92.4 Å². The molecule has 2 spiro atoms. The molecule has 4 fully saturated rings. The van der Waals surface area contributed by atoms with Gasteiger partial charge >= 0.3 is 0 Å². The Labute approximate surface area is 170 Å². The van der Waals surface area contributed by atoms with Gasteiger partial charge < -0.3 is 5.32 Å². The average Bonchev–Trinajstić information content (AvgIpc) is 3.19. The number of ketones is 1. The molecule has 7 atom stereocenters. The van der Waals surface area contributed by atoms with Gasteiger partial charge in [0, 0.05) is 23.5 Å². The van der Waals surface area contributed by atoms with Gasteiger partial charge in [0.05, 0.1) is 0 Å². The Morgan fingerprint density at radius 1 is 1.00 bits per heavy atom. The van der Waals surface area contributed by atoms with Gasteiger partial charge in [-0.3, -0.25) is 4.79 Å². The Bertz CT molecular complexity index is 785. The lowest BCUT2D eigenvalue weighted by molar-refractivity contribution is -0.133. The summed E-state index contributed by atoms with van der Waals surface area (Å²) in [6.45, 7) is 11.1. The van der Waals surface area contributed by atoms with Gasteiger partial charge in [-0.2, -0.15) is 0 Å². The molecule has 5 aliphatic carbocycles. The number of hydrogen-bond donors (Lipinski definition) is 1. The van der Waals surface area contributed by atoms with Gasteiger partial charge in [-0.25, -0.2) is 4.39 Å². The van der Waals surface area contributed by atoms with E-state index in [0.717, 1.165) is 12.3 Å². The molecule has 0 aromatic rings. The molecule has 5 aliphatic rings. The maximum absolute atomic E-state index is 15.1. The average molecular weight is 388 g/mol. The van der Waals surface area contributed by atoms with E-state index < -0.39 is 0 Å². The summed E-state index contributed by atoms with van der Waals surface area (Å²) in [5.74, 6) is 1.22. The normalized spacial score (nSPS) is 53.8.